The van der Waals surface area contributed by atoms with Crippen LogP contribution in [0.3, 0.4) is 0 Å². The van der Waals surface area contributed by atoms with Crippen LogP contribution in [0.1, 0.15) is 40.0 Å². The number of methoxy groups -OCH3 is 2. The summed E-state index contributed by atoms with van der Waals surface area (Å²) < 4.78 is 16.2. The van der Waals surface area contributed by atoms with E-state index in [4.69, 9.17) is 14.2 Å². The lowest BCUT2D eigenvalue weighted by molar-refractivity contribution is -0.242. The van der Waals surface area contributed by atoms with Gasteiger partial charge >= 0.3 is 5.97 Å². The molecule has 4 heteroatoms. The molecule has 0 spiro atoms. The van der Waals surface area contributed by atoms with Gasteiger partial charge in [0.15, 0.2) is 5.79 Å². The van der Waals surface area contributed by atoms with Crippen molar-refractivity contribution in [3.63, 3.8) is 0 Å². The average molecular weight is 268 g/mol. The number of carbonyl (C=O) groups excluding carboxylic acids is 1. The molecule has 0 aliphatic carbocycles. The Hall–Kier alpha value is -1.13. The Morgan fingerprint density at radius 3 is 2.79 bits per heavy atom. The average Bonchev–Trinajstić information content (AvgIpc) is 2.41. The van der Waals surface area contributed by atoms with Crippen LogP contribution in [0.5, 0.6) is 0 Å². The van der Waals surface area contributed by atoms with Crippen LogP contribution in [0, 0.1) is 0 Å². The van der Waals surface area contributed by atoms with Gasteiger partial charge in [-0.25, -0.2) is 0 Å². The van der Waals surface area contributed by atoms with Gasteiger partial charge in [-0.15, -0.1) is 0 Å². The summed E-state index contributed by atoms with van der Waals surface area (Å²) in [4.78, 5) is 11.5. The fourth-order valence-corrected chi connectivity index (χ4v) is 2.27. The van der Waals surface area contributed by atoms with Crippen molar-refractivity contribution in [3.8, 4) is 0 Å². The lowest BCUT2D eigenvalue weighted by Gasteiger charge is -2.39. The second kappa shape index (κ2) is 6.87. The molecule has 0 fully saturated rings. The predicted octanol–water partition coefficient (Wildman–Crippen LogP) is 2.98. The Labute approximate surface area is 115 Å². The summed E-state index contributed by atoms with van der Waals surface area (Å²) in [5.41, 5.74) is 2.29. The fraction of sp³-hybridized carbons (Fsp3) is 0.667. The largest absolute Gasteiger partial charge is 0.469 e. The molecule has 0 amide bonds. The minimum Gasteiger partial charge on any atom is -0.469 e. The van der Waals surface area contributed by atoms with E-state index in [1.54, 1.807) is 7.11 Å². The third-order valence-corrected chi connectivity index (χ3v) is 3.43. The minimum absolute atomic E-state index is 0.0969. The molecule has 0 saturated carbocycles. The molecule has 108 valence electrons. The van der Waals surface area contributed by atoms with E-state index >= 15 is 0 Å². The van der Waals surface area contributed by atoms with Gasteiger partial charge in [-0.3, -0.25) is 4.79 Å². The first-order valence-electron chi connectivity index (χ1n) is 6.61. The van der Waals surface area contributed by atoms with Gasteiger partial charge in [0.2, 0.25) is 0 Å². The highest BCUT2D eigenvalue weighted by Crippen LogP contribution is 2.34. The zero-order valence-corrected chi connectivity index (χ0v) is 12.5. The van der Waals surface area contributed by atoms with Gasteiger partial charge in [0.1, 0.15) is 6.10 Å². The van der Waals surface area contributed by atoms with E-state index in [2.05, 4.69) is 19.1 Å². The maximum Gasteiger partial charge on any atom is 0.311 e. The van der Waals surface area contributed by atoms with E-state index in [0.717, 1.165) is 17.6 Å². The topological polar surface area (TPSA) is 44.8 Å². The highest BCUT2D eigenvalue weighted by Gasteiger charge is 2.39. The molecule has 0 bridgehead atoms. The van der Waals surface area contributed by atoms with Gasteiger partial charge in [-0.05, 0) is 31.4 Å². The zero-order valence-electron chi connectivity index (χ0n) is 12.5. The molecule has 0 saturated heterocycles. The third-order valence-electron chi connectivity index (χ3n) is 3.43. The summed E-state index contributed by atoms with van der Waals surface area (Å²) in [6.45, 7) is 6.16. The monoisotopic (exact) mass is 268 g/mol. The number of ether oxygens (including phenoxy) is 3. The molecular formula is C15H24O4. The predicted molar refractivity (Wildman–Crippen MR) is 73.7 cm³/mol. The summed E-state index contributed by atoms with van der Waals surface area (Å²) in [5.74, 6) is -1.24. The van der Waals surface area contributed by atoms with E-state index in [9.17, 15) is 4.79 Å². The third kappa shape index (κ3) is 3.91. The summed E-state index contributed by atoms with van der Waals surface area (Å²) >= 11 is 0. The highest BCUT2D eigenvalue weighted by molar-refractivity contribution is 5.70. The summed E-state index contributed by atoms with van der Waals surface area (Å²) in [6, 6.07) is 0. The van der Waals surface area contributed by atoms with Crippen LogP contribution in [0.25, 0.3) is 0 Å². The lowest BCUT2D eigenvalue weighted by Crippen LogP contribution is -2.44. The number of esters is 1. The Morgan fingerprint density at radius 2 is 2.26 bits per heavy atom. The van der Waals surface area contributed by atoms with Crippen LogP contribution >= 0.6 is 0 Å². The van der Waals surface area contributed by atoms with Crippen LogP contribution in [0.4, 0.5) is 0 Å². The van der Waals surface area contributed by atoms with Crippen LogP contribution < -0.4 is 0 Å². The zero-order chi connectivity index (χ0) is 14.5. The lowest BCUT2D eigenvalue weighted by atomic mass is 9.95. The molecule has 0 aromatic carbocycles. The van der Waals surface area contributed by atoms with Gasteiger partial charge in [0, 0.05) is 13.5 Å². The normalized spacial score (nSPS) is 27.9. The maximum atomic E-state index is 11.5. The number of hydrogen-bond donors (Lipinski definition) is 0. The number of rotatable bonds is 5. The SMILES string of the molecule is CC/C=C(\C)[C@H]1O[C@](CC(=O)OC)(OC)CC=C1C. The van der Waals surface area contributed by atoms with Crippen molar-refractivity contribution in [1.82, 2.24) is 0 Å². The smallest absolute Gasteiger partial charge is 0.311 e. The summed E-state index contributed by atoms with van der Waals surface area (Å²) in [6.07, 6.45) is 5.69. The van der Waals surface area contributed by atoms with Crippen molar-refractivity contribution in [1.29, 1.82) is 0 Å². The van der Waals surface area contributed by atoms with Crippen LogP contribution in [0.2, 0.25) is 0 Å². The molecular weight excluding hydrogens is 244 g/mol. The Bertz CT molecular complexity index is 384. The Balaban J connectivity index is 2.94. The molecule has 1 rings (SSSR count). The molecule has 1 heterocycles. The Kier molecular flexibility index (Phi) is 5.76. The van der Waals surface area contributed by atoms with Crippen LogP contribution in [-0.4, -0.2) is 32.1 Å². The summed E-state index contributed by atoms with van der Waals surface area (Å²) in [5, 5.41) is 0. The van der Waals surface area contributed by atoms with Crippen molar-refractivity contribution in [2.75, 3.05) is 14.2 Å². The molecule has 0 aromatic heterocycles. The molecule has 1 aliphatic rings. The number of carbonyl (C=O) groups is 1. The molecule has 0 radical (unpaired) electrons. The van der Waals surface area contributed by atoms with Gasteiger partial charge < -0.3 is 14.2 Å². The molecule has 1 aliphatic heterocycles. The number of hydrogen-bond acceptors (Lipinski definition) is 4. The van der Waals surface area contributed by atoms with Gasteiger partial charge in [-0.1, -0.05) is 19.1 Å². The van der Waals surface area contributed by atoms with E-state index in [1.165, 1.54) is 7.11 Å². The van der Waals surface area contributed by atoms with E-state index in [1.807, 2.05) is 13.8 Å². The first-order valence-corrected chi connectivity index (χ1v) is 6.61. The van der Waals surface area contributed by atoms with Crippen molar-refractivity contribution in [3.05, 3.63) is 23.3 Å². The second-order valence-corrected chi connectivity index (χ2v) is 4.87. The maximum absolute atomic E-state index is 11.5. The van der Waals surface area contributed by atoms with Crippen molar-refractivity contribution in [2.24, 2.45) is 0 Å². The van der Waals surface area contributed by atoms with Crippen LogP contribution in [0.15, 0.2) is 23.3 Å². The van der Waals surface area contributed by atoms with E-state index in [0.29, 0.717) is 6.42 Å². The molecule has 4 nitrogen and oxygen atoms in total. The molecule has 0 N–H and O–H groups in total. The molecule has 2 atom stereocenters. The highest BCUT2D eigenvalue weighted by atomic mass is 16.7. The fourth-order valence-electron chi connectivity index (χ4n) is 2.27. The molecule has 19 heavy (non-hydrogen) atoms. The van der Waals surface area contributed by atoms with Gasteiger partial charge in [0.25, 0.3) is 0 Å². The summed E-state index contributed by atoms with van der Waals surface area (Å²) in [7, 11) is 2.93. The quantitative estimate of drug-likeness (QED) is 0.568. The molecule has 0 unspecified atom stereocenters. The van der Waals surface area contributed by atoms with Crippen molar-refractivity contribution >= 4 is 5.97 Å². The van der Waals surface area contributed by atoms with Gasteiger partial charge in [-0.2, -0.15) is 0 Å². The van der Waals surface area contributed by atoms with Crippen molar-refractivity contribution < 1.29 is 19.0 Å². The van der Waals surface area contributed by atoms with Gasteiger partial charge in [0.05, 0.1) is 13.5 Å². The standard InChI is InChI=1S/C15H24O4/c1-6-7-11(2)14-12(3)8-9-15(18-5,19-14)10-13(16)17-4/h7-8,14H,6,9-10H2,1-5H3/b11-7+/t14-,15-/m1/s1. The van der Waals surface area contributed by atoms with E-state index < -0.39 is 5.79 Å². The Morgan fingerprint density at radius 1 is 1.58 bits per heavy atom. The second-order valence-electron chi connectivity index (χ2n) is 4.87. The minimum atomic E-state index is -0.917. The van der Waals surface area contributed by atoms with E-state index in [-0.39, 0.29) is 18.5 Å². The molecule has 0 aromatic rings. The number of allylic oxidation sites excluding steroid dienone is 1. The first kappa shape index (κ1) is 15.9. The van der Waals surface area contributed by atoms with Crippen LogP contribution in [-0.2, 0) is 19.0 Å². The first-order chi connectivity index (χ1) is 8.98. The van der Waals surface area contributed by atoms with Crippen molar-refractivity contribution in [2.45, 2.75) is 51.9 Å².